The molecule has 0 bridgehead atoms. The van der Waals surface area contributed by atoms with Crippen LogP contribution in [0.5, 0.6) is 0 Å². The lowest BCUT2D eigenvalue weighted by atomic mass is 9.75. The largest absolute Gasteiger partial charge is 0.395 e. The normalized spacial score (nSPS) is 21.8. The van der Waals surface area contributed by atoms with Crippen molar-refractivity contribution in [1.82, 2.24) is 4.98 Å². The summed E-state index contributed by atoms with van der Waals surface area (Å²) >= 11 is 1.09. The Morgan fingerprint density at radius 3 is 2.82 bits per heavy atom. The van der Waals surface area contributed by atoms with E-state index in [9.17, 15) is 15.2 Å². The van der Waals surface area contributed by atoms with Crippen molar-refractivity contribution in [3.05, 3.63) is 52.2 Å². The molecule has 0 radical (unpaired) electrons. The van der Waals surface area contributed by atoms with Crippen LogP contribution in [0.4, 0.5) is 10.1 Å². The molecule has 0 saturated carbocycles. The minimum atomic E-state index is -0.415. The van der Waals surface area contributed by atoms with Gasteiger partial charge < -0.3 is 10.0 Å². The maximum atomic E-state index is 10.8. The van der Waals surface area contributed by atoms with Gasteiger partial charge in [-0.1, -0.05) is 30.3 Å². The first-order chi connectivity index (χ1) is 10.6. The molecule has 1 aliphatic rings. The quantitative estimate of drug-likeness (QED) is 0.692. The molecule has 2 heterocycles. The number of nitro groups is 1. The van der Waals surface area contributed by atoms with Crippen LogP contribution in [0.3, 0.4) is 0 Å². The predicted molar refractivity (Wildman–Crippen MR) is 85.4 cm³/mol. The Balaban J connectivity index is 1.87. The molecule has 116 valence electrons. The van der Waals surface area contributed by atoms with E-state index in [4.69, 9.17) is 0 Å². The van der Waals surface area contributed by atoms with E-state index in [1.165, 1.54) is 6.20 Å². The molecule has 1 aliphatic heterocycles. The van der Waals surface area contributed by atoms with Crippen molar-refractivity contribution in [3.63, 3.8) is 0 Å². The number of thiazole rings is 1. The average Bonchev–Trinajstić information content (AvgIpc) is 3.06. The van der Waals surface area contributed by atoms with Gasteiger partial charge in [-0.05, 0) is 29.7 Å². The van der Waals surface area contributed by atoms with Gasteiger partial charge in [0.15, 0.2) is 5.13 Å². The fourth-order valence-electron chi connectivity index (χ4n) is 3.03. The molecular weight excluding hydrogens is 302 g/mol. The molecule has 0 spiro atoms. The third-order valence-corrected chi connectivity index (χ3v) is 5.21. The topological polar surface area (TPSA) is 79.5 Å². The molecule has 0 amide bonds. The number of hydrogen-bond acceptors (Lipinski definition) is 6. The monoisotopic (exact) mass is 319 g/mol. The van der Waals surface area contributed by atoms with Crippen molar-refractivity contribution in [2.45, 2.75) is 18.3 Å². The summed E-state index contributed by atoms with van der Waals surface area (Å²) in [6.07, 6.45) is 3.12. The highest BCUT2D eigenvalue weighted by Gasteiger charge is 2.37. The van der Waals surface area contributed by atoms with E-state index in [0.29, 0.717) is 11.7 Å². The lowest BCUT2D eigenvalue weighted by molar-refractivity contribution is -0.380. The van der Waals surface area contributed by atoms with Gasteiger partial charge in [-0.25, -0.2) is 4.98 Å². The van der Waals surface area contributed by atoms with Crippen molar-refractivity contribution < 1.29 is 10.0 Å². The summed E-state index contributed by atoms with van der Waals surface area (Å²) in [4.78, 5) is 16.6. The molecule has 0 aliphatic carbocycles. The first-order valence-electron chi connectivity index (χ1n) is 7.16. The van der Waals surface area contributed by atoms with Crippen LogP contribution in [-0.2, 0) is 5.41 Å². The van der Waals surface area contributed by atoms with Crippen LogP contribution >= 0.6 is 11.3 Å². The number of aliphatic hydroxyl groups excluding tert-OH is 1. The van der Waals surface area contributed by atoms with Crippen LogP contribution in [0.15, 0.2) is 36.5 Å². The van der Waals surface area contributed by atoms with Gasteiger partial charge in [0, 0.05) is 18.5 Å². The number of aliphatic hydroxyl groups is 1. The molecule has 0 unspecified atom stereocenters. The van der Waals surface area contributed by atoms with E-state index in [1.807, 2.05) is 35.2 Å². The van der Waals surface area contributed by atoms with Gasteiger partial charge in [-0.2, -0.15) is 0 Å². The number of piperidine rings is 1. The average molecular weight is 319 g/mol. The SMILES string of the molecule is O=[N+]([O-])c1cnc(N2CCC[C@](CO)(c3ccccc3)C2)s1. The third kappa shape index (κ3) is 2.69. The van der Waals surface area contributed by atoms with E-state index in [1.54, 1.807) is 0 Å². The maximum absolute atomic E-state index is 10.8. The molecule has 1 aromatic carbocycles. The molecule has 1 atom stereocenters. The van der Waals surface area contributed by atoms with E-state index in [2.05, 4.69) is 4.98 Å². The summed E-state index contributed by atoms with van der Waals surface area (Å²) < 4.78 is 0. The number of aromatic nitrogens is 1. The molecule has 1 N–H and O–H groups in total. The standard InChI is InChI=1S/C15H17N3O3S/c19-11-15(12-5-2-1-3-6-12)7-4-8-17(10-15)14-16-9-13(22-14)18(20)21/h1-3,5-6,9,19H,4,7-8,10-11H2/t15-/m0/s1. The number of benzene rings is 1. The van der Waals surface area contributed by atoms with Crippen LogP contribution in [0.25, 0.3) is 0 Å². The molecule has 1 fully saturated rings. The number of hydrogen-bond donors (Lipinski definition) is 1. The summed E-state index contributed by atoms with van der Waals surface area (Å²) in [5.74, 6) is 0. The van der Waals surface area contributed by atoms with E-state index < -0.39 is 4.92 Å². The number of anilines is 1. The Hall–Kier alpha value is -1.99. The zero-order chi connectivity index (χ0) is 15.6. The van der Waals surface area contributed by atoms with Gasteiger partial charge in [0.25, 0.3) is 0 Å². The third-order valence-electron chi connectivity index (χ3n) is 4.20. The van der Waals surface area contributed by atoms with Crippen molar-refractivity contribution in [1.29, 1.82) is 0 Å². The minimum absolute atomic E-state index is 0.0508. The molecule has 3 rings (SSSR count). The summed E-state index contributed by atoms with van der Waals surface area (Å²) in [6, 6.07) is 9.97. The fourth-order valence-corrected chi connectivity index (χ4v) is 3.79. The molecule has 2 aromatic rings. The predicted octanol–water partition coefficient (Wildman–Crippen LogP) is 2.58. The van der Waals surface area contributed by atoms with Crippen LogP contribution in [-0.4, -0.2) is 34.7 Å². The molecular formula is C15H17N3O3S. The minimum Gasteiger partial charge on any atom is -0.395 e. The van der Waals surface area contributed by atoms with Gasteiger partial charge in [-0.15, -0.1) is 0 Å². The maximum Gasteiger partial charge on any atom is 0.345 e. The number of rotatable bonds is 4. The second kappa shape index (κ2) is 6.02. The lowest BCUT2D eigenvalue weighted by Gasteiger charge is -2.42. The first-order valence-corrected chi connectivity index (χ1v) is 7.98. The highest BCUT2D eigenvalue weighted by atomic mass is 32.1. The van der Waals surface area contributed by atoms with Crippen molar-refractivity contribution in [2.24, 2.45) is 0 Å². The highest BCUT2D eigenvalue weighted by molar-refractivity contribution is 7.18. The van der Waals surface area contributed by atoms with Crippen molar-refractivity contribution in [2.75, 3.05) is 24.6 Å². The molecule has 1 saturated heterocycles. The second-order valence-corrected chi connectivity index (χ2v) is 6.56. The van der Waals surface area contributed by atoms with Crippen LogP contribution in [0, 0.1) is 10.1 Å². The first kappa shape index (κ1) is 14.9. The smallest absolute Gasteiger partial charge is 0.345 e. The molecule has 22 heavy (non-hydrogen) atoms. The van der Waals surface area contributed by atoms with Gasteiger partial charge in [0.05, 0.1) is 11.5 Å². The van der Waals surface area contributed by atoms with Crippen LogP contribution in [0.2, 0.25) is 0 Å². The van der Waals surface area contributed by atoms with E-state index >= 15 is 0 Å². The Labute approximate surface area is 132 Å². The number of nitrogens with zero attached hydrogens (tertiary/aromatic N) is 3. The Morgan fingerprint density at radius 2 is 2.18 bits per heavy atom. The Kier molecular flexibility index (Phi) is 4.08. The summed E-state index contributed by atoms with van der Waals surface area (Å²) in [5, 5.41) is 21.5. The molecule has 1 aromatic heterocycles. The van der Waals surface area contributed by atoms with E-state index in [-0.39, 0.29) is 17.0 Å². The summed E-state index contributed by atoms with van der Waals surface area (Å²) in [6.45, 7) is 1.48. The van der Waals surface area contributed by atoms with Crippen LogP contribution in [0.1, 0.15) is 18.4 Å². The molecule has 7 heteroatoms. The van der Waals surface area contributed by atoms with Crippen molar-refractivity contribution in [3.8, 4) is 0 Å². The molecule has 6 nitrogen and oxygen atoms in total. The zero-order valence-electron chi connectivity index (χ0n) is 12.0. The van der Waals surface area contributed by atoms with Gasteiger partial charge in [0.2, 0.25) is 0 Å². The Bertz CT molecular complexity index is 661. The van der Waals surface area contributed by atoms with Gasteiger partial charge >= 0.3 is 5.00 Å². The second-order valence-electron chi connectivity index (χ2n) is 5.57. The fraction of sp³-hybridized carbons (Fsp3) is 0.400. The summed E-state index contributed by atoms with van der Waals surface area (Å²) in [7, 11) is 0. The van der Waals surface area contributed by atoms with Gasteiger partial charge in [-0.3, -0.25) is 10.1 Å². The van der Waals surface area contributed by atoms with Crippen molar-refractivity contribution >= 4 is 21.5 Å². The van der Waals surface area contributed by atoms with E-state index in [0.717, 1.165) is 36.3 Å². The lowest BCUT2D eigenvalue weighted by Crippen LogP contribution is -2.48. The van der Waals surface area contributed by atoms with Gasteiger partial charge in [0.1, 0.15) is 6.20 Å². The zero-order valence-corrected chi connectivity index (χ0v) is 12.8. The summed E-state index contributed by atoms with van der Waals surface area (Å²) in [5.41, 5.74) is 0.771. The van der Waals surface area contributed by atoms with Crippen LogP contribution < -0.4 is 4.90 Å². The Morgan fingerprint density at radius 1 is 1.41 bits per heavy atom. The highest BCUT2D eigenvalue weighted by Crippen LogP contribution is 2.37.